The lowest BCUT2D eigenvalue weighted by atomic mass is 10.2. The summed E-state index contributed by atoms with van der Waals surface area (Å²) in [7, 11) is -2.20. The van der Waals surface area contributed by atoms with Gasteiger partial charge in [0.25, 0.3) is 0 Å². The summed E-state index contributed by atoms with van der Waals surface area (Å²) in [5.41, 5.74) is 0.673. The number of hydrogen-bond donors (Lipinski definition) is 0. The number of halogens is 2. The standard InChI is InChI=1S/C17H17Cl2NO4S/c1-20(11-12-3-4-13(18)9-15(12)19)25(21,22)14-5-6-16-17(10-14)24-8-2-7-23-16/h3-6,9-10H,2,7-8,11H2,1H3. The smallest absolute Gasteiger partial charge is 0.243 e. The topological polar surface area (TPSA) is 55.8 Å². The number of rotatable bonds is 4. The van der Waals surface area contributed by atoms with Crippen molar-refractivity contribution in [2.75, 3.05) is 20.3 Å². The number of hydrogen-bond acceptors (Lipinski definition) is 4. The maximum atomic E-state index is 12.8. The molecule has 0 atom stereocenters. The first-order valence-corrected chi connectivity index (χ1v) is 9.87. The van der Waals surface area contributed by atoms with Crippen molar-refractivity contribution in [1.29, 1.82) is 0 Å². The molecule has 0 saturated carbocycles. The molecule has 0 aliphatic carbocycles. The van der Waals surface area contributed by atoms with Crippen molar-refractivity contribution >= 4 is 33.2 Å². The van der Waals surface area contributed by atoms with Gasteiger partial charge in [-0.15, -0.1) is 0 Å². The fraction of sp³-hybridized carbons (Fsp3) is 0.294. The fourth-order valence-electron chi connectivity index (χ4n) is 2.46. The van der Waals surface area contributed by atoms with Gasteiger partial charge in [0.05, 0.1) is 18.1 Å². The van der Waals surface area contributed by atoms with Crippen molar-refractivity contribution in [3.63, 3.8) is 0 Å². The zero-order valence-corrected chi connectivity index (χ0v) is 15.9. The average molecular weight is 402 g/mol. The third-order valence-corrected chi connectivity index (χ3v) is 6.22. The summed E-state index contributed by atoms with van der Waals surface area (Å²) < 4.78 is 38.0. The van der Waals surface area contributed by atoms with Gasteiger partial charge in [0, 0.05) is 36.1 Å². The van der Waals surface area contributed by atoms with Gasteiger partial charge in [-0.3, -0.25) is 0 Å². The van der Waals surface area contributed by atoms with Crippen LogP contribution in [0.15, 0.2) is 41.3 Å². The van der Waals surface area contributed by atoms with Crippen LogP contribution in [0.4, 0.5) is 0 Å². The first-order valence-electron chi connectivity index (χ1n) is 7.68. The Morgan fingerprint density at radius 2 is 1.76 bits per heavy atom. The van der Waals surface area contributed by atoms with Gasteiger partial charge in [0.15, 0.2) is 11.5 Å². The van der Waals surface area contributed by atoms with E-state index < -0.39 is 10.0 Å². The molecule has 5 nitrogen and oxygen atoms in total. The van der Waals surface area contributed by atoms with Gasteiger partial charge in [-0.05, 0) is 29.8 Å². The maximum absolute atomic E-state index is 12.8. The molecule has 1 aliphatic heterocycles. The number of fused-ring (bicyclic) bond motifs is 1. The first kappa shape index (κ1) is 18.3. The monoisotopic (exact) mass is 401 g/mol. The highest BCUT2D eigenvalue weighted by molar-refractivity contribution is 7.89. The number of nitrogens with zero attached hydrogens (tertiary/aromatic N) is 1. The van der Waals surface area contributed by atoms with Crippen LogP contribution in [0.2, 0.25) is 10.0 Å². The predicted octanol–water partition coefficient (Wildman–Crippen LogP) is 3.98. The Kier molecular flexibility index (Phi) is 5.43. The van der Waals surface area contributed by atoms with Crippen LogP contribution >= 0.6 is 23.2 Å². The van der Waals surface area contributed by atoms with E-state index in [1.165, 1.54) is 23.5 Å². The summed E-state index contributed by atoms with van der Waals surface area (Å²) in [6.45, 7) is 1.17. The minimum atomic E-state index is -3.70. The highest BCUT2D eigenvalue weighted by atomic mass is 35.5. The molecule has 134 valence electrons. The molecule has 2 aromatic carbocycles. The molecule has 0 spiro atoms. The number of benzene rings is 2. The SMILES string of the molecule is CN(Cc1ccc(Cl)cc1Cl)S(=O)(=O)c1ccc2c(c1)OCCCO2. The Labute approximate surface area is 157 Å². The van der Waals surface area contributed by atoms with Crippen LogP contribution in [0.25, 0.3) is 0 Å². The average Bonchev–Trinajstić information content (AvgIpc) is 2.81. The molecule has 2 aromatic rings. The van der Waals surface area contributed by atoms with E-state index in [1.54, 1.807) is 24.3 Å². The second-order valence-corrected chi connectivity index (χ2v) is 8.54. The van der Waals surface area contributed by atoms with Crippen molar-refractivity contribution in [2.24, 2.45) is 0 Å². The highest BCUT2D eigenvalue weighted by Gasteiger charge is 2.24. The maximum Gasteiger partial charge on any atom is 0.243 e. The third-order valence-electron chi connectivity index (χ3n) is 3.84. The third kappa shape index (κ3) is 4.03. The van der Waals surface area contributed by atoms with Crippen LogP contribution in [0.1, 0.15) is 12.0 Å². The van der Waals surface area contributed by atoms with Crippen molar-refractivity contribution in [3.8, 4) is 11.5 Å². The predicted molar refractivity (Wildman–Crippen MR) is 97.2 cm³/mol. The molecular weight excluding hydrogens is 385 g/mol. The van der Waals surface area contributed by atoms with Crippen molar-refractivity contribution in [3.05, 3.63) is 52.0 Å². The van der Waals surface area contributed by atoms with Crippen molar-refractivity contribution in [1.82, 2.24) is 4.31 Å². The van der Waals surface area contributed by atoms with E-state index in [9.17, 15) is 8.42 Å². The molecular formula is C17H17Cl2NO4S. The largest absolute Gasteiger partial charge is 0.490 e. The van der Waals surface area contributed by atoms with Gasteiger partial charge in [0.2, 0.25) is 10.0 Å². The van der Waals surface area contributed by atoms with Gasteiger partial charge >= 0.3 is 0 Å². The van der Waals surface area contributed by atoms with E-state index >= 15 is 0 Å². The molecule has 1 aliphatic rings. The quantitative estimate of drug-likeness (QED) is 0.777. The molecule has 0 aromatic heterocycles. The summed E-state index contributed by atoms with van der Waals surface area (Å²) >= 11 is 12.0. The zero-order valence-electron chi connectivity index (χ0n) is 13.5. The molecule has 0 bridgehead atoms. The second kappa shape index (κ2) is 7.41. The molecule has 0 radical (unpaired) electrons. The van der Waals surface area contributed by atoms with Crippen LogP contribution in [0, 0.1) is 0 Å². The summed E-state index contributed by atoms with van der Waals surface area (Å²) in [6.07, 6.45) is 0.756. The van der Waals surface area contributed by atoms with E-state index in [-0.39, 0.29) is 11.4 Å². The normalized spacial score (nSPS) is 14.4. The van der Waals surface area contributed by atoms with Gasteiger partial charge in [-0.1, -0.05) is 29.3 Å². The minimum Gasteiger partial charge on any atom is -0.490 e. The molecule has 0 fully saturated rings. The molecule has 1 heterocycles. The Bertz CT molecular complexity index is 886. The molecule has 0 unspecified atom stereocenters. The van der Waals surface area contributed by atoms with Crippen LogP contribution in [-0.4, -0.2) is 33.0 Å². The zero-order chi connectivity index (χ0) is 18.0. The summed E-state index contributed by atoms with van der Waals surface area (Å²) in [5.74, 6) is 0.997. The van der Waals surface area contributed by atoms with E-state index in [4.69, 9.17) is 32.7 Å². The molecule has 25 heavy (non-hydrogen) atoms. The van der Waals surface area contributed by atoms with Crippen LogP contribution in [0.5, 0.6) is 11.5 Å². The Hall–Kier alpha value is -1.47. The Morgan fingerprint density at radius 3 is 2.48 bits per heavy atom. The van der Waals surface area contributed by atoms with Crippen molar-refractivity contribution in [2.45, 2.75) is 17.9 Å². The van der Waals surface area contributed by atoms with Gasteiger partial charge in [-0.2, -0.15) is 4.31 Å². The van der Waals surface area contributed by atoms with Crippen LogP contribution in [-0.2, 0) is 16.6 Å². The molecule has 3 rings (SSSR count). The second-order valence-electron chi connectivity index (χ2n) is 5.66. The minimum absolute atomic E-state index is 0.132. The van der Waals surface area contributed by atoms with E-state index in [0.717, 1.165) is 6.42 Å². The van der Waals surface area contributed by atoms with Gasteiger partial charge < -0.3 is 9.47 Å². The van der Waals surface area contributed by atoms with Crippen LogP contribution < -0.4 is 9.47 Å². The van der Waals surface area contributed by atoms with Gasteiger partial charge in [-0.25, -0.2) is 8.42 Å². The molecule has 0 amide bonds. The summed E-state index contributed by atoms with van der Waals surface area (Å²) in [4.78, 5) is 0.143. The lowest BCUT2D eigenvalue weighted by Gasteiger charge is -2.19. The first-order chi connectivity index (χ1) is 11.9. The lowest BCUT2D eigenvalue weighted by Crippen LogP contribution is -2.26. The Balaban J connectivity index is 1.86. The Morgan fingerprint density at radius 1 is 1.04 bits per heavy atom. The molecule has 0 N–H and O–H groups in total. The van der Waals surface area contributed by atoms with Gasteiger partial charge in [0.1, 0.15) is 0 Å². The number of ether oxygens (including phenoxy) is 2. The number of sulfonamides is 1. The van der Waals surface area contributed by atoms with Crippen molar-refractivity contribution < 1.29 is 17.9 Å². The summed E-state index contributed by atoms with van der Waals surface area (Å²) in [5, 5.41) is 0.926. The van der Waals surface area contributed by atoms with E-state index in [0.29, 0.717) is 40.3 Å². The lowest BCUT2D eigenvalue weighted by molar-refractivity contribution is 0.297. The van der Waals surface area contributed by atoms with E-state index in [2.05, 4.69) is 0 Å². The molecule has 8 heteroatoms. The summed E-state index contributed by atoms with van der Waals surface area (Å²) in [6, 6.07) is 9.61. The van der Waals surface area contributed by atoms with Crippen LogP contribution in [0.3, 0.4) is 0 Å². The highest BCUT2D eigenvalue weighted by Crippen LogP contribution is 2.33. The fourth-order valence-corrected chi connectivity index (χ4v) is 4.09. The molecule has 0 saturated heterocycles. The van der Waals surface area contributed by atoms with E-state index in [1.807, 2.05) is 0 Å².